The molecule has 0 aliphatic carbocycles. The highest BCUT2D eigenvalue weighted by atomic mass is 32.1. The van der Waals surface area contributed by atoms with Gasteiger partial charge in [0.2, 0.25) is 5.13 Å². The van der Waals surface area contributed by atoms with Crippen LogP contribution < -0.4 is 5.43 Å². The number of hydrogen-bond acceptors (Lipinski definition) is 7. The number of carbonyl (C=O) groups is 1. The van der Waals surface area contributed by atoms with E-state index in [1.165, 1.54) is 11.3 Å². The number of anilines is 1. The summed E-state index contributed by atoms with van der Waals surface area (Å²) in [6.07, 6.45) is 1.73. The number of phenols is 1. The van der Waals surface area contributed by atoms with Crippen LogP contribution in [0.15, 0.2) is 34.7 Å². The zero-order chi connectivity index (χ0) is 15.1. The van der Waals surface area contributed by atoms with E-state index in [4.69, 9.17) is 4.74 Å². The number of esters is 1. The molecule has 0 amide bonds. The topological polar surface area (TPSA) is 83.8 Å². The van der Waals surface area contributed by atoms with E-state index < -0.39 is 0 Å². The van der Waals surface area contributed by atoms with E-state index in [-0.39, 0.29) is 18.1 Å². The van der Waals surface area contributed by atoms with Gasteiger partial charge in [-0.05, 0) is 24.6 Å². The first-order valence-corrected chi connectivity index (χ1v) is 7.23. The fourth-order valence-electron chi connectivity index (χ4n) is 1.57. The van der Waals surface area contributed by atoms with Crippen molar-refractivity contribution in [1.82, 2.24) is 4.98 Å². The van der Waals surface area contributed by atoms with Crippen LogP contribution in [-0.4, -0.2) is 28.9 Å². The molecule has 110 valence electrons. The van der Waals surface area contributed by atoms with Gasteiger partial charge in [0.15, 0.2) is 0 Å². The average molecular weight is 305 g/mol. The van der Waals surface area contributed by atoms with Crippen LogP contribution in [0.3, 0.4) is 0 Å². The maximum atomic E-state index is 11.3. The summed E-state index contributed by atoms with van der Waals surface area (Å²) in [6.45, 7) is 2.13. The number of rotatable bonds is 6. The molecule has 2 rings (SSSR count). The first kappa shape index (κ1) is 15.0. The third kappa shape index (κ3) is 4.88. The average Bonchev–Trinajstić information content (AvgIpc) is 2.86. The van der Waals surface area contributed by atoms with E-state index in [0.29, 0.717) is 17.4 Å². The molecule has 0 aliphatic heterocycles. The Bertz CT molecular complexity index is 640. The molecule has 0 atom stereocenters. The van der Waals surface area contributed by atoms with E-state index in [9.17, 15) is 9.90 Å². The highest BCUT2D eigenvalue weighted by molar-refractivity contribution is 7.13. The van der Waals surface area contributed by atoms with Gasteiger partial charge < -0.3 is 9.84 Å². The number of aromatic hydroxyl groups is 1. The number of ether oxygens (including phenoxy) is 1. The number of thiazole rings is 1. The smallest absolute Gasteiger partial charge is 0.311 e. The van der Waals surface area contributed by atoms with Crippen molar-refractivity contribution in [2.75, 3.05) is 12.0 Å². The van der Waals surface area contributed by atoms with Crippen molar-refractivity contribution < 1.29 is 14.6 Å². The maximum Gasteiger partial charge on any atom is 0.311 e. The fraction of sp³-hybridized carbons (Fsp3) is 0.214. The maximum absolute atomic E-state index is 11.3. The zero-order valence-corrected chi connectivity index (χ0v) is 12.3. The van der Waals surface area contributed by atoms with E-state index in [1.54, 1.807) is 36.7 Å². The number of phenolic OH excluding ortho intramolecular Hbond substituents is 1. The number of hydrogen-bond donors (Lipinski definition) is 2. The molecular weight excluding hydrogens is 290 g/mol. The number of nitrogens with one attached hydrogen (secondary N) is 1. The molecule has 1 aromatic heterocycles. The Hall–Kier alpha value is -2.41. The van der Waals surface area contributed by atoms with Crippen molar-refractivity contribution in [3.8, 4) is 5.75 Å². The van der Waals surface area contributed by atoms with E-state index in [2.05, 4.69) is 15.5 Å². The summed E-state index contributed by atoms with van der Waals surface area (Å²) >= 11 is 1.35. The number of carbonyl (C=O) groups excluding carboxylic acids is 1. The lowest BCUT2D eigenvalue weighted by molar-refractivity contribution is -0.142. The van der Waals surface area contributed by atoms with Gasteiger partial charge in [0.1, 0.15) is 5.75 Å². The fourth-order valence-corrected chi connectivity index (χ4v) is 2.23. The van der Waals surface area contributed by atoms with E-state index >= 15 is 0 Å². The van der Waals surface area contributed by atoms with Crippen molar-refractivity contribution in [3.05, 3.63) is 40.9 Å². The molecule has 2 aromatic rings. The highest BCUT2D eigenvalue weighted by Gasteiger charge is 2.07. The summed E-state index contributed by atoms with van der Waals surface area (Å²) in [5.74, 6) is -0.109. The van der Waals surface area contributed by atoms with Crippen LogP contribution in [0.4, 0.5) is 5.13 Å². The molecule has 0 aliphatic rings. The number of benzene rings is 1. The van der Waals surface area contributed by atoms with Gasteiger partial charge in [-0.25, -0.2) is 4.98 Å². The summed E-state index contributed by atoms with van der Waals surface area (Å²) in [6, 6.07) is 6.74. The molecule has 0 saturated carbocycles. The van der Waals surface area contributed by atoms with Crippen LogP contribution in [0, 0.1) is 0 Å². The van der Waals surface area contributed by atoms with Crippen LogP contribution in [0.5, 0.6) is 5.75 Å². The molecule has 6 nitrogen and oxygen atoms in total. The van der Waals surface area contributed by atoms with Crippen LogP contribution in [0.1, 0.15) is 18.2 Å². The van der Waals surface area contributed by atoms with Gasteiger partial charge in [0.25, 0.3) is 0 Å². The molecule has 2 N–H and O–H groups in total. The Balaban J connectivity index is 1.89. The van der Waals surface area contributed by atoms with Crippen molar-refractivity contribution in [1.29, 1.82) is 0 Å². The monoisotopic (exact) mass is 305 g/mol. The predicted molar refractivity (Wildman–Crippen MR) is 81.8 cm³/mol. The second-order valence-electron chi connectivity index (χ2n) is 4.09. The molecule has 21 heavy (non-hydrogen) atoms. The molecular formula is C14H15N3O3S. The van der Waals surface area contributed by atoms with Gasteiger partial charge in [-0.15, -0.1) is 11.3 Å². The summed E-state index contributed by atoms with van der Waals surface area (Å²) in [5, 5.41) is 15.7. The quantitative estimate of drug-likeness (QED) is 0.486. The Labute approximate surface area is 126 Å². The van der Waals surface area contributed by atoms with Gasteiger partial charge in [0, 0.05) is 5.38 Å². The first-order chi connectivity index (χ1) is 10.2. The molecule has 0 bridgehead atoms. The zero-order valence-electron chi connectivity index (χ0n) is 11.4. The molecule has 1 heterocycles. The van der Waals surface area contributed by atoms with E-state index in [0.717, 1.165) is 5.56 Å². The molecule has 0 spiro atoms. The normalized spacial score (nSPS) is 10.7. The molecule has 1 aromatic carbocycles. The Morgan fingerprint density at radius 3 is 3.19 bits per heavy atom. The summed E-state index contributed by atoms with van der Waals surface area (Å²) in [4.78, 5) is 15.5. The lowest BCUT2D eigenvalue weighted by Gasteiger charge is -1.98. The molecule has 0 fully saturated rings. The summed E-state index contributed by atoms with van der Waals surface area (Å²) < 4.78 is 4.86. The number of aromatic nitrogens is 1. The molecule has 0 unspecified atom stereocenters. The van der Waals surface area contributed by atoms with Crippen molar-refractivity contribution >= 4 is 28.7 Å². The molecule has 7 heteroatoms. The largest absolute Gasteiger partial charge is 0.508 e. The highest BCUT2D eigenvalue weighted by Crippen LogP contribution is 2.16. The minimum Gasteiger partial charge on any atom is -0.508 e. The second-order valence-corrected chi connectivity index (χ2v) is 4.95. The Kier molecular flexibility index (Phi) is 5.28. The van der Waals surface area contributed by atoms with Crippen LogP contribution >= 0.6 is 11.3 Å². The minimum absolute atomic E-state index is 0.155. The van der Waals surface area contributed by atoms with E-state index in [1.807, 2.05) is 6.07 Å². The third-order valence-electron chi connectivity index (χ3n) is 2.43. The van der Waals surface area contributed by atoms with Crippen LogP contribution in [-0.2, 0) is 16.0 Å². The first-order valence-electron chi connectivity index (χ1n) is 6.35. The molecule has 0 saturated heterocycles. The SMILES string of the molecule is CCOC(=O)Cc1csc(NN=Cc2cccc(O)c2)n1. The number of hydrazone groups is 1. The minimum atomic E-state index is -0.294. The summed E-state index contributed by atoms with van der Waals surface area (Å²) in [7, 11) is 0. The van der Waals surface area contributed by atoms with Crippen molar-refractivity contribution in [2.24, 2.45) is 5.10 Å². The Morgan fingerprint density at radius 1 is 1.57 bits per heavy atom. The lowest BCUT2D eigenvalue weighted by Crippen LogP contribution is -2.07. The van der Waals surface area contributed by atoms with Gasteiger partial charge in [-0.3, -0.25) is 10.2 Å². The molecule has 0 radical (unpaired) electrons. The van der Waals surface area contributed by atoms with Crippen LogP contribution in [0.2, 0.25) is 0 Å². The second kappa shape index (κ2) is 7.39. The lowest BCUT2D eigenvalue weighted by atomic mass is 10.2. The van der Waals surface area contributed by atoms with Crippen molar-refractivity contribution in [3.63, 3.8) is 0 Å². The third-order valence-corrected chi connectivity index (χ3v) is 3.22. The van der Waals surface area contributed by atoms with Crippen LogP contribution in [0.25, 0.3) is 0 Å². The number of nitrogens with zero attached hydrogens (tertiary/aromatic N) is 2. The van der Waals surface area contributed by atoms with Gasteiger partial charge in [-0.1, -0.05) is 12.1 Å². The van der Waals surface area contributed by atoms with Gasteiger partial charge >= 0.3 is 5.97 Å². The standard InChI is InChI=1S/C14H15N3O3S/c1-2-20-13(19)7-11-9-21-14(16-11)17-15-8-10-4-3-5-12(18)6-10/h3-6,8-9,18H,2,7H2,1H3,(H,16,17). The van der Waals surface area contributed by atoms with Gasteiger partial charge in [-0.2, -0.15) is 5.10 Å². The van der Waals surface area contributed by atoms with Crippen molar-refractivity contribution in [2.45, 2.75) is 13.3 Å². The summed E-state index contributed by atoms with van der Waals surface area (Å²) in [5.41, 5.74) is 4.20. The van der Waals surface area contributed by atoms with Gasteiger partial charge in [0.05, 0.1) is 24.9 Å². The predicted octanol–water partition coefficient (Wildman–Crippen LogP) is 2.40. The Morgan fingerprint density at radius 2 is 2.43 bits per heavy atom.